The van der Waals surface area contributed by atoms with Gasteiger partial charge in [0.1, 0.15) is 11.8 Å². The zero-order valence-corrected chi connectivity index (χ0v) is 10.9. The van der Waals surface area contributed by atoms with Crippen LogP contribution in [0.3, 0.4) is 0 Å². The van der Waals surface area contributed by atoms with Gasteiger partial charge in [-0.15, -0.1) is 0 Å². The van der Waals surface area contributed by atoms with Crippen LogP contribution in [0.4, 0.5) is 0 Å². The third-order valence-electron chi connectivity index (χ3n) is 3.44. The number of fused-ring (bicyclic) bond motifs is 1. The molecule has 0 amide bonds. The summed E-state index contributed by atoms with van der Waals surface area (Å²) in [7, 11) is 0. The maximum absolute atomic E-state index is 12.3. The van der Waals surface area contributed by atoms with Crippen LogP contribution in [0.15, 0.2) is 41.3 Å². The van der Waals surface area contributed by atoms with Crippen LogP contribution in [0.5, 0.6) is 0 Å². The lowest BCUT2D eigenvalue weighted by molar-refractivity contribution is 0.0972. The number of ketones is 1. The third kappa shape index (κ3) is 1.95. The van der Waals surface area contributed by atoms with E-state index in [1.807, 2.05) is 42.7 Å². The lowest BCUT2D eigenvalue weighted by atomic mass is 10.1. The van der Waals surface area contributed by atoms with E-state index in [1.54, 1.807) is 6.33 Å². The van der Waals surface area contributed by atoms with E-state index in [0.29, 0.717) is 5.56 Å². The predicted molar refractivity (Wildman–Crippen MR) is 72.2 cm³/mol. The summed E-state index contributed by atoms with van der Waals surface area (Å²) >= 11 is 0. The molecular weight excluding hydrogens is 240 g/mol. The van der Waals surface area contributed by atoms with Crippen LogP contribution < -0.4 is 0 Å². The molecule has 4 nitrogen and oxygen atoms in total. The molecule has 2 aromatic heterocycles. The molecule has 3 aromatic rings. The molecular formula is C15H14N2O2. The van der Waals surface area contributed by atoms with Gasteiger partial charge in [0.05, 0.1) is 24.1 Å². The second kappa shape index (κ2) is 4.39. The Hall–Kier alpha value is -2.36. The molecule has 96 valence electrons. The van der Waals surface area contributed by atoms with Crippen LogP contribution in [0.2, 0.25) is 0 Å². The summed E-state index contributed by atoms with van der Waals surface area (Å²) in [5.74, 6) is 0.0328. The second-order valence-electron chi connectivity index (χ2n) is 4.61. The smallest absolute Gasteiger partial charge is 0.186 e. The highest BCUT2D eigenvalue weighted by atomic mass is 16.3. The maximum Gasteiger partial charge on any atom is 0.186 e. The first kappa shape index (κ1) is 11.7. The van der Waals surface area contributed by atoms with Gasteiger partial charge >= 0.3 is 0 Å². The molecule has 0 N–H and O–H groups in total. The zero-order chi connectivity index (χ0) is 13.4. The molecule has 3 rings (SSSR count). The lowest BCUT2D eigenvalue weighted by Crippen LogP contribution is -2.10. The topological polar surface area (TPSA) is 48.0 Å². The number of furan rings is 1. The van der Waals surface area contributed by atoms with Gasteiger partial charge in [-0.1, -0.05) is 18.2 Å². The van der Waals surface area contributed by atoms with Gasteiger partial charge in [-0.05, 0) is 19.9 Å². The van der Waals surface area contributed by atoms with E-state index < -0.39 is 0 Å². The Labute approximate surface area is 110 Å². The van der Waals surface area contributed by atoms with Crippen molar-refractivity contribution >= 4 is 16.8 Å². The van der Waals surface area contributed by atoms with Crippen molar-refractivity contribution < 1.29 is 9.21 Å². The van der Waals surface area contributed by atoms with Gasteiger partial charge in [0.15, 0.2) is 5.78 Å². The third-order valence-corrected chi connectivity index (χ3v) is 3.44. The minimum atomic E-state index is 0.0328. The molecule has 19 heavy (non-hydrogen) atoms. The summed E-state index contributed by atoms with van der Waals surface area (Å²) in [5.41, 5.74) is 3.33. The first-order chi connectivity index (χ1) is 9.16. The van der Waals surface area contributed by atoms with Crippen molar-refractivity contribution in [1.82, 2.24) is 9.55 Å². The van der Waals surface area contributed by atoms with E-state index in [9.17, 15) is 4.79 Å². The number of para-hydroxylation sites is 1. The number of aromatic nitrogens is 2. The van der Waals surface area contributed by atoms with Crippen molar-refractivity contribution in [1.29, 1.82) is 0 Å². The maximum atomic E-state index is 12.3. The number of hydrogen-bond donors (Lipinski definition) is 0. The molecule has 0 spiro atoms. The molecule has 2 heterocycles. The first-order valence-electron chi connectivity index (χ1n) is 6.14. The number of carbonyl (C=O) groups is 1. The molecule has 0 radical (unpaired) electrons. The Bertz CT molecular complexity index is 752. The second-order valence-corrected chi connectivity index (χ2v) is 4.61. The highest BCUT2D eigenvalue weighted by Crippen LogP contribution is 2.21. The highest BCUT2D eigenvalue weighted by molar-refractivity contribution is 6.06. The zero-order valence-electron chi connectivity index (χ0n) is 10.9. The monoisotopic (exact) mass is 254 g/mol. The van der Waals surface area contributed by atoms with Crippen molar-refractivity contribution in [3.63, 3.8) is 0 Å². The summed E-state index contributed by atoms with van der Waals surface area (Å²) < 4.78 is 7.26. The van der Waals surface area contributed by atoms with Gasteiger partial charge in [-0.3, -0.25) is 4.79 Å². The minimum Gasteiger partial charge on any atom is -0.464 e. The van der Waals surface area contributed by atoms with Crippen molar-refractivity contribution in [2.75, 3.05) is 0 Å². The minimum absolute atomic E-state index is 0.0328. The van der Waals surface area contributed by atoms with Gasteiger partial charge in [0.2, 0.25) is 0 Å². The van der Waals surface area contributed by atoms with E-state index in [1.165, 1.54) is 6.26 Å². The van der Waals surface area contributed by atoms with Crippen LogP contribution in [0, 0.1) is 13.8 Å². The average molecular weight is 254 g/mol. The van der Waals surface area contributed by atoms with Crippen LogP contribution in [-0.4, -0.2) is 15.3 Å². The van der Waals surface area contributed by atoms with Crippen LogP contribution in [0.1, 0.15) is 21.7 Å². The standard InChI is InChI=1S/C15H14N2O2/c1-10-11(2)17(9-16-10)7-14(18)13-8-19-15-6-4-3-5-12(13)15/h3-6,8-9H,7H2,1-2H3. The molecule has 1 aromatic carbocycles. The number of rotatable bonds is 3. The van der Waals surface area contributed by atoms with Gasteiger partial charge in [0.25, 0.3) is 0 Å². The number of hydrogen-bond acceptors (Lipinski definition) is 3. The Morgan fingerprint density at radius 2 is 2.11 bits per heavy atom. The first-order valence-corrected chi connectivity index (χ1v) is 6.14. The van der Waals surface area contributed by atoms with Gasteiger partial charge in [-0.25, -0.2) is 4.98 Å². The van der Waals surface area contributed by atoms with Gasteiger partial charge in [0, 0.05) is 11.1 Å². The fraction of sp³-hybridized carbons (Fsp3) is 0.200. The molecule has 4 heteroatoms. The average Bonchev–Trinajstić information content (AvgIpc) is 2.97. The molecule has 0 unspecified atom stereocenters. The molecule has 0 saturated heterocycles. The van der Waals surface area contributed by atoms with Crippen molar-refractivity contribution in [3.8, 4) is 0 Å². The molecule has 0 aliphatic heterocycles. The van der Waals surface area contributed by atoms with Crippen molar-refractivity contribution in [2.24, 2.45) is 0 Å². The fourth-order valence-corrected chi connectivity index (χ4v) is 2.14. The van der Waals surface area contributed by atoms with Crippen LogP contribution in [0.25, 0.3) is 11.0 Å². The molecule has 0 saturated carbocycles. The number of aryl methyl sites for hydroxylation is 1. The largest absolute Gasteiger partial charge is 0.464 e. The summed E-state index contributed by atoms with van der Waals surface area (Å²) in [4.78, 5) is 16.5. The van der Waals surface area contributed by atoms with E-state index >= 15 is 0 Å². The van der Waals surface area contributed by atoms with Crippen molar-refractivity contribution in [3.05, 3.63) is 53.8 Å². The van der Waals surface area contributed by atoms with Crippen molar-refractivity contribution in [2.45, 2.75) is 20.4 Å². The molecule has 0 aliphatic rings. The van der Waals surface area contributed by atoms with E-state index in [-0.39, 0.29) is 12.3 Å². The highest BCUT2D eigenvalue weighted by Gasteiger charge is 2.15. The predicted octanol–water partition coefficient (Wildman–Crippen LogP) is 3.13. The number of nitrogens with zero attached hydrogens (tertiary/aromatic N) is 2. The number of benzene rings is 1. The SMILES string of the molecule is Cc1ncn(CC(=O)c2coc3ccccc23)c1C. The van der Waals surface area contributed by atoms with E-state index in [4.69, 9.17) is 4.42 Å². The number of imidazole rings is 1. The molecule has 0 fully saturated rings. The fourth-order valence-electron chi connectivity index (χ4n) is 2.14. The Morgan fingerprint density at radius 3 is 2.84 bits per heavy atom. The molecule has 0 atom stereocenters. The summed E-state index contributed by atoms with van der Waals surface area (Å²) in [6.45, 7) is 4.18. The summed E-state index contributed by atoms with van der Waals surface area (Å²) in [6.07, 6.45) is 3.23. The lowest BCUT2D eigenvalue weighted by Gasteiger charge is -2.03. The van der Waals surface area contributed by atoms with Gasteiger partial charge < -0.3 is 8.98 Å². The van der Waals surface area contributed by atoms with E-state index in [2.05, 4.69) is 4.98 Å². The summed E-state index contributed by atoms with van der Waals surface area (Å²) in [5, 5.41) is 0.863. The number of carbonyl (C=O) groups excluding carboxylic acids is 1. The number of Topliss-reactive ketones (excluding diaryl/α,β-unsaturated/α-hetero) is 1. The molecule has 0 aliphatic carbocycles. The summed E-state index contributed by atoms with van der Waals surface area (Å²) in [6, 6.07) is 7.56. The van der Waals surface area contributed by atoms with Crippen LogP contribution >= 0.6 is 0 Å². The Kier molecular flexibility index (Phi) is 2.71. The normalized spacial score (nSPS) is 11.1. The van der Waals surface area contributed by atoms with Crippen LogP contribution in [-0.2, 0) is 6.54 Å². The van der Waals surface area contributed by atoms with Gasteiger partial charge in [-0.2, -0.15) is 0 Å². The Morgan fingerprint density at radius 1 is 1.32 bits per heavy atom. The molecule has 0 bridgehead atoms. The Balaban J connectivity index is 1.94. The van der Waals surface area contributed by atoms with E-state index in [0.717, 1.165) is 22.4 Å². The quantitative estimate of drug-likeness (QED) is 0.675.